The summed E-state index contributed by atoms with van der Waals surface area (Å²) >= 11 is 2.06. The summed E-state index contributed by atoms with van der Waals surface area (Å²) in [6, 6.07) is 4.03. The Morgan fingerprint density at radius 1 is 1.28 bits per heavy atom. The van der Waals surface area contributed by atoms with Gasteiger partial charge in [-0.05, 0) is 57.3 Å². The molecule has 0 spiro atoms. The predicted octanol–water partition coefficient (Wildman–Crippen LogP) is 3.35. The molecule has 2 heterocycles. The normalized spacial score (nSPS) is 21.5. The quantitative estimate of drug-likeness (QED) is 0.575. The van der Waals surface area contributed by atoms with Gasteiger partial charge in [0.1, 0.15) is 6.10 Å². The Kier molecular flexibility index (Phi) is 7.27. The summed E-state index contributed by atoms with van der Waals surface area (Å²) in [5.74, 6) is 2.92. The van der Waals surface area contributed by atoms with Crippen molar-refractivity contribution < 1.29 is 4.74 Å². The highest BCUT2D eigenvalue weighted by Gasteiger charge is 2.19. The summed E-state index contributed by atoms with van der Waals surface area (Å²) < 4.78 is 6.12. The molecule has 1 aromatic heterocycles. The third kappa shape index (κ3) is 5.80. The monoisotopic (exact) mass is 362 g/mol. The van der Waals surface area contributed by atoms with Gasteiger partial charge in [0.15, 0.2) is 5.96 Å². The first-order valence-corrected chi connectivity index (χ1v) is 10.6. The van der Waals surface area contributed by atoms with Crippen LogP contribution in [0.2, 0.25) is 0 Å². The van der Waals surface area contributed by atoms with E-state index < -0.39 is 0 Å². The molecule has 5 nitrogen and oxygen atoms in total. The van der Waals surface area contributed by atoms with Crippen LogP contribution >= 0.6 is 11.8 Å². The number of aromatic nitrogens is 1. The van der Waals surface area contributed by atoms with E-state index in [0.717, 1.165) is 43.3 Å². The van der Waals surface area contributed by atoms with E-state index in [9.17, 15) is 0 Å². The fraction of sp³-hybridized carbons (Fsp3) is 0.684. The van der Waals surface area contributed by atoms with Gasteiger partial charge >= 0.3 is 0 Å². The molecule has 1 unspecified atom stereocenters. The van der Waals surface area contributed by atoms with Crippen LogP contribution in [0.3, 0.4) is 0 Å². The molecule has 1 aliphatic heterocycles. The Labute approximate surface area is 155 Å². The predicted molar refractivity (Wildman–Crippen MR) is 105 cm³/mol. The number of nitrogens with zero attached hydrogens (tertiary/aromatic N) is 2. The van der Waals surface area contributed by atoms with Crippen LogP contribution in [0.4, 0.5) is 0 Å². The van der Waals surface area contributed by atoms with Gasteiger partial charge in [-0.1, -0.05) is 6.07 Å². The van der Waals surface area contributed by atoms with Crippen molar-refractivity contribution in [3.8, 4) is 5.88 Å². The number of hydrogen-bond donors (Lipinski definition) is 2. The number of aliphatic imine (C=N–C) groups is 1. The molecule has 25 heavy (non-hydrogen) atoms. The summed E-state index contributed by atoms with van der Waals surface area (Å²) in [7, 11) is 0. The highest BCUT2D eigenvalue weighted by atomic mass is 32.2. The van der Waals surface area contributed by atoms with E-state index in [-0.39, 0.29) is 0 Å². The van der Waals surface area contributed by atoms with Crippen LogP contribution in [0.15, 0.2) is 23.3 Å². The van der Waals surface area contributed by atoms with Crippen molar-refractivity contribution in [1.29, 1.82) is 0 Å². The lowest BCUT2D eigenvalue weighted by molar-refractivity contribution is 0.199. The number of rotatable bonds is 7. The maximum Gasteiger partial charge on any atom is 0.218 e. The average Bonchev–Trinajstić information content (AvgIpc) is 3.32. The number of guanidine groups is 1. The van der Waals surface area contributed by atoms with Gasteiger partial charge in [0.2, 0.25) is 5.88 Å². The van der Waals surface area contributed by atoms with Crippen molar-refractivity contribution in [2.75, 3.05) is 18.8 Å². The van der Waals surface area contributed by atoms with E-state index in [2.05, 4.69) is 40.4 Å². The minimum Gasteiger partial charge on any atom is -0.474 e. The van der Waals surface area contributed by atoms with Crippen LogP contribution in [-0.4, -0.2) is 41.1 Å². The van der Waals surface area contributed by atoms with Gasteiger partial charge in [-0.25, -0.2) is 9.98 Å². The van der Waals surface area contributed by atoms with E-state index in [0.29, 0.717) is 17.9 Å². The topological polar surface area (TPSA) is 58.5 Å². The van der Waals surface area contributed by atoms with E-state index in [1.54, 1.807) is 6.20 Å². The Balaban J connectivity index is 1.58. The summed E-state index contributed by atoms with van der Waals surface area (Å²) in [5.41, 5.74) is 1.06. The number of hydrogen-bond acceptors (Lipinski definition) is 4. The number of thioether (sulfide) groups is 1. The first kappa shape index (κ1) is 18.4. The zero-order chi connectivity index (χ0) is 17.3. The lowest BCUT2D eigenvalue weighted by Gasteiger charge is -2.16. The molecule has 1 atom stereocenters. The number of pyridine rings is 1. The third-order valence-electron chi connectivity index (χ3n) is 4.70. The van der Waals surface area contributed by atoms with E-state index in [1.807, 2.05) is 6.07 Å². The van der Waals surface area contributed by atoms with Crippen LogP contribution in [0, 0.1) is 0 Å². The Morgan fingerprint density at radius 2 is 2.16 bits per heavy atom. The molecule has 2 fully saturated rings. The first-order valence-electron chi connectivity index (χ1n) is 9.59. The summed E-state index contributed by atoms with van der Waals surface area (Å²) in [5, 5.41) is 7.53. The van der Waals surface area contributed by atoms with Gasteiger partial charge in [0.05, 0.1) is 6.54 Å². The van der Waals surface area contributed by atoms with Gasteiger partial charge in [0, 0.05) is 30.1 Å². The van der Waals surface area contributed by atoms with Crippen molar-refractivity contribution in [3.63, 3.8) is 0 Å². The van der Waals surface area contributed by atoms with Gasteiger partial charge in [-0.3, -0.25) is 0 Å². The molecule has 0 radical (unpaired) electrons. The van der Waals surface area contributed by atoms with Gasteiger partial charge < -0.3 is 15.4 Å². The molecule has 6 heteroatoms. The molecule has 1 saturated heterocycles. The van der Waals surface area contributed by atoms with Crippen molar-refractivity contribution >= 4 is 17.7 Å². The largest absolute Gasteiger partial charge is 0.474 e. The lowest BCUT2D eigenvalue weighted by Crippen LogP contribution is -2.40. The summed E-state index contributed by atoms with van der Waals surface area (Å²) in [4.78, 5) is 9.18. The molecule has 138 valence electrons. The van der Waals surface area contributed by atoms with Gasteiger partial charge in [0.25, 0.3) is 0 Å². The van der Waals surface area contributed by atoms with E-state index in [1.165, 1.54) is 31.4 Å². The zero-order valence-electron chi connectivity index (χ0n) is 15.2. The Bertz CT molecular complexity index is 554. The Hall–Kier alpha value is -1.43. The minimum absolute atomic E-state index is 0.323. The van der Waals surface area contributed by atoms with E-state index in [4.69, 9.17) is 9.73 Å². The van der Waals surface area contributed by atoms with Crippen LogP contribution in [-0.2, 0) is 6.54 Å². The lowest BCUT2D eigenvalue weighted by atomic mass is 10.2. The molecular formula is C19H30N4OS. The molecule has 0 aromatic carbocycles. The minimum atomic E-state index is 0.323. The molecule has 2 N–H and O–H groups in total. The maximum atomic E-state index is 6.12. The smallest absolute Gasteiger partial charge is 0.218 e. The fourth-order valence-corrected chi connectivity index (χ4v) is 4.54. The molecule has 0 bridgehead atoms. The zero-order valence-corrected chi connectivity index (χ0v) is 16.0. The van der Waals surface area contributed by atoms with Crippen LogP contribution in [0.5, 0.6) is 5.88 Å². The van der Waals surface area contributed by atoms with Crippen molar-refractivity contribution in [2.24, 2.45) is 4.99 Å². The van der Waals surface area contributed by atoms with Crippen molar-refractivity contribution in [3.05, 3.63) is 23.9 Å². The molecule has 1 aromatic rings. The Morgan fingerprint density at radius 3 is 2.92 bits per heavy atom. The average molecular weight is 363 g/mol. The molecular weight excluding hydrogens is 332 g/mol. The second-order valence-electron chi connectivity index (χ2n) is 6.70. The number of nitrogens with one attached hydrogen (secondary N) is 2. The SMILES string of the molecule is CCNC(=NCc1cccnc1OC1CCCC1)NCC1CCCS1. The van der Waals surface area contributed by atoms with Gasteiger partial charge in [-0.15, -0.1) is 0 Å². The van der Waals surface area contributed by atoms with Crippen molar-refractivity contribution in [2.45, 2.75) is 63.3 Å². The molecule has 1 aliphatic carbocycles. The maximum absolute atomic E-state index is 6.12. The van der Waals surface area contributed by atoms with Crippen LogP contribution in [0.25, 0.3) is 0 Å². The van der Waals surface area contributed by atoms with Crippen molar-refractivity contribution in [1.82, 2.24) is 15.6 Å². The molecule has 1 saturated carbocycles. The number of ether oxygens (including phenoxy) is 1. The summed E-state index contributed by atoms with van der Waals surface area (Å²) in [6.45, 7) is 4.53. The first-order chi connectivity index (χ1) is 12.3. The third-order valence-corrected chi connectivity index (χ3v) is 6.10. The van der Waals surface area contributed by atoms with Crippen LogP contribution in [0.1, 0.15) is 51.0 Å². The van der Waals surface area contributed by atoms with E-state index >= 15 is 0 Å². The second kappa shape index (κ2) is 9.90. The highest BCUT2D eigenvalue weighted by molar-refractivity contribution is 8.00. The van der Waals surface area contributed by atoms with Crippen LogP contribution < -0.4 is 15.4 Å². The molecule has 0 amide bonds. The summed E-state index contributed by atoms with van der Waals surface area (Å²) in [6.07, 6.45) is 9.57. The molecule has 3 rings (SSSR count). The van der Waals surface area contributed by atoms with Gasteiger partial charge in [-0.2, -0.15) is 11.8 Å². The second-order valence-corrected chi connectivity index (χ2v) is 8.11. The standard InChI is InChI=1S/C19H30N4OS/c1-2-20-19(23-14-17-10-6-12-25-17)22-13-15-7-5-11-21-18(15)24-16-8-3-4-9-16/h5,7,11,16-17H,2-4,6,8-10,12-14H2,1H3,(H2,20,22,23). The fourth-order valence-electron chi connectivity index (χ4n) is 3.34. The highest BCUT2D eigenvalue weighted by Crippen LogP contribution is 2.26. The molecule has 2 aliphatic rings.